The van der Waals surface area contributed by atoms with Gasteiger partial charge in [-0.05, 0) is 37.5 Å². The van der Waals surface area contributed by atoms with Crippen molar-refractivity contribution in [1.82, 2.24) is 4.98 Å². The lowest BCUT2D eigenvalue weighted by atomic mass is 10.1. The highest BCUT2D eigenvalue weighted by atomic mass is 19.1. The van der Waals surface area contributed by atoms with Gasteiger partial charge >= 0.3 is 0 Å². The number of carbonyl (C=O) groups excluding carboxylic acids is 1. The third-order valence-corrected chi connectivity index (χ3v) is 4.27. The smallest absolute Gasteiger partial charge is 0.227 e. The van der Waals surface area contributed by atoms with Gasteiger partial charge in [-0.3, -0.25) is 9.78 Å². The van der Waals surface area contributed by atoms with Gasteiger partial charge in [0, 0.05) is 36.7 Å². The minimum absolute atomic E-state index is 0.0278. The van der Waals surface area contributed by atoms with Gasteiger partial charge in [0.1, 0.15) is 5.82 Å². The van der Waals surface area contributed by atoms with Crippen LogP contribution in [0.3, 0.4) is 0 Å². The van der Waals surface area contributed by atoms with E-state index in [1.54, 1.807) is 47.6 Å². The van der Waals surface area contributed by atoms with Crippen molar-refractivity contribution in [1.29, 1.82) is 0 Å². The first-order valence-corrected chi connectivity index (χ1v) is 8.29. The molecule has 0 unspecified atom stereocenters. The van der Waals surface area contributed by atoms with Crippen LogP contribution in [0.1, 0.15) is 31.2 Å². The van der Waals surface area contributed by atoms with Crippen molar-refractivity contribution in [2.45, 2.75) is 38.3 Å². The van der Waals surface area contributed by atoms with E-state index in [0.717, 1.165) is 25.1 Å². The molecule has 1 atom stereocenters. The Morgan fingerprint density at radius 1 is 1.25 bits per heavy atom. The second kappa shape index (κ2) is 8.02. The number of ether oxygens (including phenoxy) is 1. The van der Waals surface area contributed by atoms with E-state index in [4.69, 9.17) is 4.74 Å². The second-order valence-electron chi connectivity index (χ2n) is 5.95. The lowest BCUT2D eigenvalue weighted by molar-refractivity contribution is -0.119. The molecule has 2 heterocycles. The van der Waals surface area contributed by atoms with Crippen LogP contribution in [0.4, 0.5) is 10.1 Å². The SMILES string of the molecule is O=C(CC[C@@H]1CCCO1)N(Cc1ccccc1F)c1ccncc1. The topological polar surface area (TPSA) is 42.4 Å². The van der Waals surface area contributed by atoms with E-state index in [1.165, 1.54) is 6.07 Å². The molecule has 0 saturated carbocycles. The first kappa shape index (κ1) is 16.6. The number of benzene rings is 1. The second-order valence-corrected chi connectivity index (χ2v) is 5.95. The van der Waals surface area contributed by atoms with Gasteiger partial charge in [0.2, 0.25) is 5.91 Å². The van der Waals surface area contributed by atoms with Crippen LogP contribution in [-0.2, 0) is 16.1 Å². The largest absolute Gasteiger partial charge is 0.378 e. The number of pyridine rings is 1. The van der Waals surface area contributed by atoms with Gasteiger partial charge < -0.3 is 9.64 Å². The van der Waals surface area contributed by atoms with Gasteiger partial charge in [-0.15, -0.1) is 0 Å². The van der Waals surface area contributed by atoms with E-state index >= 15 is 0 Å². The standard InChI is InChI=1S/C19H21FN2O2/c20-18-6-2-1-4-15(18)14-22(16-9-11-21-12-10-16)19(23)8-7-17-5-3-13-24-17/h1-2,4,6,9-12,17H,3,5,7-8,13-14H2/t17-/m0/s1. The normalized spacial score (nSPS) is 17.0. The molecule has 5 heteroatoms. The summed E-state index contributed by atoms with van der Waals surface area (Å²) < 4.78 is 19.6. The number of amides is 1. The lowest BCUT2D eigenvalue weighted by Gasteiger charge is -2.24. The average Bonchev–Trinajstić information content (AvgIpc) is 3.13. The fourth-order valence-electron chi connectivity index (χ4n) is 2.94. The minimum Gasteiger partial charge on any atom is -0.378 e. The highest BCUT2D eigenvalue weighted by Gasteiger charge is 2.21. The number of aromatic nitrogens is 1. The van der Waals surface area contributed by atoms with Gasteiger partial charge in [0.15, 0.2) is 0 Å². The van der Waals surface area contributed by atoms with Crippen molar-refractivity contribution in [3.8, 4) is 0 Å². The molecule has 0 bridgehead atoms. The van der Waals surface area contributed by atoms with Gasteiger partial charge in [-0.25, -0.2) is 4.39 Å². The van der Waals surface area contributed by atoms with Gasteiger partial charge in [-0.2, -0.15) is 0 Å². The van der Waals surface area contributed by atoms with E-state index in [0.29, 0.717) is 18.4 Å². The van der Waals surface area contributed by atoms with Crippen LogP contribution in [0.25, 0.3) is 0 Å². The van der Waals surface area contributed by atoms with E-state index in [1.807, 2.05) is 0 Å². The maximum absolute atomic E-state index is 14.0. The van der Waals surface area contributed by atoms with E-state index < -0.39 is 0 Å². The van der Waals surface area contributed by atoms with Crippen LogP contribution >= 0.6 is 0 Å². The predicted octanol–water partition coefficient (Wildman–Crippen LogP) is 3.71. The molecule has 126 valence electrons. The summed E-state index contributed by atoms with van der Waals surface area (Å²) in [5.41, 5.74) is 1.23. The molecule has 3 rings (SSSR count). The van der Waals surface area contributed by atoms with Gasteiger partial charge in [0.05, 0.1) is 12.6 Å². The summed E-state index contributed by atoms with van der Waals surface area (Å²) >= 11 is 0. The average molecular weight is 328 g/mol. The monoisotopic (exact) mass is 328 g/mol. The van der Waals surface area contributed by atoms with Crippen LogP contribution in [-0.4, -0.2) is 23.6 Å². The summed E-state index contributed by atoms with van der Waals surface area (Å²) in [4.78, 5) is 18.4. The molecular weight excluding hydrogens is 307 g/mol. The molecule has 2 aromatic rings. The van der Waals surface area contributed by atoms with E-state index in [2.05, 4.69) is 4.98 Å². The fourth-order valence-corrected chi connectivity index (χ4v) is 2.94. The maximum atomic E-state index is 14.0. The summed E-state index contributed by atoms with van der Waals surface area (Å²) in [6.07, 6.45) is 6.60. The summed E-state index contributed by atoms with van der Waals surface area (Å²) in [6.45, 7) is 0.989. The number of anilines is 1. The van der Waals surface area contributed by atoms with Crippen LogP contribution in [0.2, 0.25) is 0 Å². The summed E-state index contributed by atoms with van der Waals surface area (Å²) in [6, 6.07) is 10.1. The Kier molecular flexibility index (Phi) is 5.54. The first-order chi connectivity index (χ1) is 11.7. The molecule has 1 fully saturated rings. The Hall–Kier alpha value is -2.27. The van der Waals surface area contributed by atoms with Crippen molar-refractivity contribution >= 4 is 11.6 Å². The number of hydrogen-bond donors (Lipinski definition) is 0. The Morgan fingerprint density at radius 3 is 2.75 bits per heavy atom. The molecule has 1 aromatic heterocycles. The number of rotatable bonds is 6. The summed E-state index contributed by atoms with van der Waals surface area (Å²) in [5, 5.41) is 0. The quantitative estimate of drug-likeness (QED) is 0.812. The Bertz CT molecular complexity index is 672. The zero-order valence-corrected chi connectivity index (χ0v) is 13.5. The van der Waals surface area contributed by atoms with Crippen LogP contribution in [0.15, 0.2) is 48.8 Å². The van der Waals surface area contributed by atoms with Crippen LogP contribution in [0, 0.1) is 5.82 Å². The molecule has 0 N–H and O–H groups in total. The summed E-state index contributed by atoms with van der Waals surface area (Å²) in [7, 11) is 0. The third-order valence-electron chi connectivity index (χ3n) is 4.27. The zero-order valence-electron chi connectivity index (χ0n) is 13.5. The molecule has 1 saturated heterocycles. The first-order valence-electron chi connectivity index (χ1n) is 8.29. The van der Waals surface area contributed by atoms with Gasteiger partial charge in [-0.1, -0.05) is 18.2 Å². The van der Waals surface area contributed by atoms with Crippen LogP contribution in [0.5, 0.6) is 0 Å². The van der Waals surface area contributed by atoms with Crippen molar-refractivity contribution in [2.75, 3.05) is 11.5 Å². The molecule has 0 aliphatic carbocycles. The predicted molar refractivity (Wildman–Crippen MR) is 90.0 cm³/mol. The van der Waals surface area contributed by atoms with E-state index in [-0.39, 0.29) is 24.4 Å². The number of carbonyl (C=O) groups is 1. The Balaban J connectivity index is 1.74. The Labute approximate surface area is 141 Å². The highest BCUT2D eigenvalue weighted by molar-refractivity contribution is 5.93. The maximum Gasteiger partial charge on any atom is 0.227 e. The number of hydrogen-bond acceptors (Lipinski definition) is 3. The fraction of sp³-hybridized carbons (Fsp3) is 0.368. The van der Waals surface area contributed by atoms with Crippen molar-refractivity contribution in [3.05, 3.63) is 60.2 Å². The molecule has 0 spiro atoms. The van der Waals surface area contributed by atoms with Crippen LogP contribution < -0.4 is 4.90 Å². The van der Waals surface area contributed by atoms with Gasteiger partial charge in [0.25, 0.3) is 0 Å². The molecule has 1 aliphatic heterocycles. The minimum atomic E-state index is -0.302. The zero-order chi connectivity index (χ0) is 16.8. The van der Waals surface area contributed by atoms with Crippen molar-refractivity contribution in [2.24, 2.45) is 0 Å². The van der Waals surface area contributed by atoms with Crippen molar-refractivity contribution < 1.29 is 13.9 Å². The van der Waals surface area contributed by atoms with Crippen molar-refractivity contribution in [3.63, 3.8) is 0 Å². The number of nitrogens with zero attached hydrogens (tertiary/aromatic N) is 2. The summed E-state index contributed by atoms with van der Waals surface area (Å²) in [5.74, 6) is -0.330. The molecule has 1 aromatic carbocycles. The molecular formula is C19H21FN2O2. The molecule has 1 aliphatic rings. The number of halogens is 1. The molecule has 1 amide bonds. The molecule has 24 heavy (non-hydrogen) atoms. The highest BCUT2D eigenvalue weighted by Crippen LogP contribution is 2.22. The lowest BCUT2D eigenvalue weighted by Crippen LogP contribution is -2.31. The third kappa shape index (κ3) is 4.17. The molecule has 4 nitrogen and oxygen atoms in total. The van der Waals surface area contributed by atoms with E-state index in [9.17, 15) is 9.18 Å². The Morgan fingerprint density at radius 2 is 2.04 bits per heavy atom. The molecule has 0 radical (unpaired) electrons.